The molecule has 0 aromatic carbocycles. The van der Waals surface area contributed by atoms with Crippen molar-refractivity contribution in [3.8, 4) is 0 Å². The first kappa shape index (κ1) is 11.2. The summed E-state index contributed by atoms with van der Waals surface area (Å²) in [5.74, 6) is 0. The molecule has 0 unspecified atom stereocenters. The Bertz CT molecular complexity index is 355. The lowest BCUT2D eigenvalue weighted by Crippen LogP contribution is -2.02. The van der Waals surface area contributed by atoms with E-state index in [9.17, 15) is 13.6 Å². The molecule has 1 rings (SSSR count). The van der Waals surface area contributed by atoms with Crippen molar-refractivity contribution in [3.05, 3.63) is 28.6 Å². The first-order chi connectivity index (χ1) is 6.60. The third-order valence-electron chi connectivity index (χ3n) is 1.87. The Labute approximate surface area is 88.5 Å². The highest BCUT2D eigenvalue weighted by Crippen LogP contribution is 2.23. The molecule has 2 nitrogen and oxygen atoms in total. The van der Waals surface area contributed by atoms with Crippen LogP contribution in [-0.2, 0) is 5.33 Å². The summed E-state index contributed by atoms with van der Waals surface area (Å²) in [6, 6.07) is 1.50. The average molecular weight is 264 g/mol. The van der Waals surface area contributed by atoms with Crippen molar-refractivity contribution in [1.29, 1.82) is 0 Å². The average Bonchev–Trinajstić information content (AvgIpc) is 2.17. The molecule has 0 fully saturated rings. The first-order valence-corrected chi connectivity index (χ1v) is 5.02. The Morgan fingerprint density at radius 1 is 1.64 bits per heavy atom. The van der Waals surface area contributed by atoms with Gasteiger partial charge in [0.15, 0.2) is 0 Å². The van der Waals surface area contributed by atoms with E-state index in [1.54, 1.807) is 0 Å². The topological polar surface area (TPSA) is 30.0 Å². The Balaban J connectivity index is 3.34. The second-order valence-electron chi connectivity index (χ2n) is 2.77. The van der Waals surface area contributed by atoms with E-state index in [1.807, 2.05) is 0 Å². The summed E-state index contributed by atoms with van der Waals surface area (Å²) in [6.07, 6.45) is -2.08. The SMILES string of the molecule is Cc1c(C=O)cc(CBr)nc1C(F)F. The lowest BCUT2D eigenvalue weighted by Gasteiger charge is -2.08. The maximum absolute atomic E-state index is 12.5. The van der Waals surface area contributed by atoms with Gasteiger partial charge in [-0.3, -0.25) is 9.78 Å². The van der Waals surface area contributed by atoms with Crippen LogP contribution in [0.1, 0.15) is 33.7 Å². The Kier molecular flexibility index (Phi) is 3.69. The molecule has 1 heterocycles. The predicted molar refractivity (Wildman–Crippen MR) is 51.9 cm³/mol. The highest BCUT2D eigenvalue weighted by molar-refractivity contribution is 9.08. The number of rotatable bonds is 3. The van der Waals surface area contributed by atoms with Crippen LogP contribution >= 0.6 is 15.9 Å². The van der Waals surface area contributed by atoms with Crippen LogP contribution in [0.5, 0.6) is 0 Å². The fourth-order valence-corrected chi connectivity index (χ4v) is 1.40. The van der Waals surface area contributed by atoms with Gasteiger partial charge in [0.25, 0.3) is 6.43 Å². The number of pyridine rings is 1. The Hall–Kier alpha value is -0.840. The molecule has 0 spiro atoms. The van der Waals surface area contributed by atoms with Crippen molar-refractivity contribution < 1.29 is 13.6 Å². The van der Waals surface area contributed by atoms with E-state index < -0.39 is 6.43 Å². The number of carbonyl (C=O) groups is 1. The smallest absolute Gasteiger partial charge is 0.280 e. The molecule has 0 bridgehead atoms. The van der Waals surface area contributed by atoms with Crippen LogP contribution in [0.3, 0.4) is 0 Å². The zero-order chi connectivity index (χ0) is 10.7. The van der Waals surface area contributed by atoms with Crippen molar-refractivity contribution in [3.63, 3.8) is 0 Å². The van der Waals surface area contributed by atoms with Gasteiger partial charge in [-0.1, -0.05) is 15.9 Å². The standard InChI is InChI=1S/C9H8BrF2NO/c1-5-6(4-14)2-7(3-10)13-8(5)9(11)12/h2,4,9H,3H2,1H3. The number of nitrogens with zero attached hydrogens (tertiary/aromatic N) is 1. The van der Waals surface area contributed by atoms with Crippen molar-refractivity contribution >= 4 is 22.2 Å². The second-order valence-corrected chi connectivity index (χ2v) is 3.33. The summed E-state index contributed by atoms with van der Waals surface area (Å²) in [6.45, 7) is 1.47. The lowest BCUT2D eigenvalue weighted by atomic mass is 10.1. The van der Waals surface area contributed by atoms with Gasteiger partial charge in [-0.2, -0.15) is 0 Å². The van der Waals surface area contributed by atoms with Crippen LogP contribution in [0.4, 0.5) is 8.78 Å². The minimum absolute atomic E-state index is 0.250. The van der Waals surface area contributed by atoms with E-state index in [0.717, 1.165) is 0 Å². The molecule has 0 atom stereocenters. The van der Waals surface area contributed by atoms with E-state index in [2.05, 4.69) is 20.9 Å². The highest BCUT2D eigenvalue weighted by atomic mass is 79.9. The van der Waals surface area contributed by atoms with Crippen LogP contribution in [0.25, 0.3) is 0 Å². The van der Waals surface area contributed by atoms with Gasteiger partial charge in [0.05, 0.1) is 5.69 Å². The Morgan fingerprint density at radius 2 is 2.29 bits per heavy atom. The van der Waals surface area contributed by atoms with Crippen LogP contribution in [-0.4, -0.2) is 11.3 Å². The number of carbonyl (C=O) groups excluding carboxylic acids is 1. The van der Waals surface area contributed by atoms with Gasteiger partial charge in [-0.05, 0) is 18.6 Å². The van der Waals surface area contributed by atoms with E-state index in [4.69, 9.17) is 0 Å². The molecule has 76 valence electrons. The van der Waals surface area contributed by atoms with Gasteiger partial charge in [0.1, 0.15) is 12.0 Å². The molecule has 0 aliphatic heterocycles. The maximum atomic E-state index is 12.5. The van der Waals surface area contributed by atoms with E-state index in [1.165, 1.54) is 13.0 Å². The Morgan fingerprint density at radius 3 is 2.71 bits per heavy atom. The summed E-state index contributed by atoms with van der Waals surface area (Å²) < 4.78 is 24.9. The molecular formula is C9H8BrF2NO. The summed E-state index contributed by atoms with van der Waals surface area (Å²) in [4.78, 5) is 14.3. The molecule has 14 heavy (non-hydrogen) atoms. The van der Waals surface area contributed by atoms with E-state index in [-0.39, 0.29) is 16.8 Å². The highest BCUT2D eigenvalue weighted by Gasteiger charge is 2.16. The fraction of sp³-hybridized carbons (Fsp3) is 0.333. The number of halogens is 3. The molecule has 0 amide bonds. The molecule has 1 aromatic heterocycles. The van der Waals surface area contributed by atoms with Gasteiger partial charge < -0.3 is 0 Å². The molecule has 0 aliphatic rings. The normalized spacial score (nSPS) is 10.6. The maximum Gasteiger partial charge on any atom is 0.280 e. The number of aldehydes is 1. The molecule has 0 aliphatic carbocycles. The van der Waals surface area contributed by atoms with Gasteiger partial charge in [-0.15, -0.1) is 0 Å². The zero-order valence-corrected chi connectivity index (χ0v) is 9.01. The van der Waals surface area contributed by atoms with Gasteiger partial charge in [0.2, 0.25) is 0 Å². The van der Waals surface area contributed by atoms with E-state index >= 15 is 0 Å². The summed E-state index contributed by atoms with van der Waals surface area (Å²) in [5.41, 5.74) is 0.640. The van der Waals surface area contributed by atoms with Crippen molar-refractivity contribution in [2.24, 2.45) is 0 Å². The van der Waals surface area contributed by atoms with Crippen molar-refractivity contribution in [2.75, 3.05) is 0 Å². The number of hydrogen-bond acceptors (Lipinski definition) is 2. The minimum Gasteiger partial charge on any atom is -0.298 e. The number of hydrogen-bond donors (Lipinski definition) is 0. The van der Waals surface area contributed by atoms with Crippen LogP contribution in [0.2, 0.25) is 0 Å². The van der Waals surface area contributed by atoms with Gasteiger partial charge in [0, 0.05) is 10.9 Å². The summed E-state index contributed by atoms with van der Waals surface area (Å²) in [5, 5.41) is 0.355. The monoisotopic (exact) mass is 263 g/mol. The molecule has 5 heteroatoms. The van der Waals surface area contributed by atoms with Crippen molar-refractivity contribution in [2.45, 2.75) is 18.7 Å². The fourth-order valence-electron chi connectivity index (χ4n) is 1.11. The minimum atomic E-state index is -2.65. The van der Waals surface area contributed by atoms with Gasteiger partial charge in [-0.25, -0.2) is 8.78 Å². The third-order valence-corrected chi connectivity index (χ3v) is 2.45. The molecule has 0 radical (unpaired) electrons. The zero-order valence-electron chi connectivity index (χ0n) is 7.43. The molecule has 0 N–H and O–H groups in total. The van der Waals surface area contributed by atoms with Crippen LogP contribution in [0.15, 0.2) is 6.07 Å². The largest absolute Gasteiger partial charge is 0.298 e. The third kappa shape index (κ3) is 2.15. The second kappa shape index (κ2) is 4.59. The van der Waals surface area contributed by atoms with Gasteiger partial charge >= 0.3 is 0 Å². The lowest BCUT2D eigenvalue weighted by molar-refractivity contribution is 0.112. The predicted octanol–water partition coefficient (Wildman–Crippen LogP) is 3.04. The number of alkyl halides is 3. The summed E-state index contributed by atoms with van der Waals surface area (Å²) in [7, 11) is 0. The summed E-state index contributed by atoms with van der Waals surface area (Å²) >= 11 is 3.11. The van der Waals surface area contributed by atoms with Crippen molar-refractivity contribution in [1.82, 2.24) is 4.98 Å². The number of aromatic nitrogens is 1. The van der Waals surface area contributed by atoms with Crippen LogP contribution in [0, 0.1) is 6.92 Å². The first-order valence-electron chi connectivity index (χ1n) is 3.89. The quantitative estimate of drug-likeness (QED) is 0.620. The molecule has 1 aromatic rings. The molecule has 0 saturated carbocycles. The molecular weight excluding hydrogens is 256 g/mol. The van der Waals surface area contributed by atoms with E-state index in [0.29, 0.717) is 17.3 Å². The van der Waals surface area contributed by atoms with Crippen LogP contribution < -0.4 is 0 Å². The molecule has 0 saturated heterocycles.